The molecule has 0 saturated heterocycles. The number of hydrogen-bond donors (Lipinski definition) is 2. The molecule has 1 rings (SSSR count). The van der Waals surface area contributed by atoms with Crippen LogP contribution in [0.3, 0.4) is 0 Å². The van der Waals surface area contributed by atoms with Crippen LogP contribution in [-0.4, -0.2) is 12.0 Å². The summed E-state index contributed by atoms with van der Waals surface area (Å²) in [5, 5.41) is 3.13. The molecule has 12 heavy (non-hydrogen) atoms. The smallest absolute Gasteiger partial charge is 0.205 e. The van der Waals surface area contributed by atoms with Crippen LogP contribution in [0, 0.1) is 0 Å². The predicted octanol–water partition coefficient (Wildman–Crippen LogP) is 0.396. The second kappa shape index (κ2) is 3.52. The first kappa shape index (κ1) is 8.26. The summed E-state index contributed by atoms with van der Waals surface area (Å²) in [7, 11) is 0. The zero-order valence-electron chi connectivity index (χ0n) is 6.40. The maximum atomic E-state index is 11.1. The van der Waals surface area contributed by atoms with Crippen LogP contribution in [0.1, 0.15) is 10.4 Å². The van der Waals surface area contributed by atoms with E-state index < -0.39 is 0 Å². The highest BCUT2D eigenvalue weighted by molar-refractivity contribution is 6.35. The van der Waals surface area contributed by atoms with Crippen LogP contribution in [0.2, 0.25) is 0 Å². The molecule has 0 heterocycles. The minimum absolute atomic E-state index is 0.225. The van der Waals surface area contributed by atoms with Crippen LogP contribution in [0.4, 0.5) is 5.69 Å². The zero-order valence-corrected chi connectivity index (χ0v) is 6.40. The van der Waals surface area contributed by atoms with Gasteiger partial charge in [0.15, 0.2) is 0 Å². The molecule has 1 aromatic rings. The largest absolute Gasteiger partial charge is 0.399 e. The number of rotatable bonds is 2. The number of carbonyl (C=O) groups excluding carboxylic acids is 1. The Morgan fingerprint density at radius 1 is 1.33 bits per heavy atom. The predicted molar refractivity (Wildman–Crippen MR) is 47.9 cm³/mol. The van der Waals surface area contributed by atoms with Crippen molar-refractivity contribution in [2.24, 2.45) is 10.9 Å². The Morgan fingerprint density at radius 3 is 2.42 bits per heavy atom. The summed E-state index contributed by atoms with van der Waals surface area (Å²) in [4.78, 5) is 11.1. The molecule has 0 aromatic heterocycles. The Kier molecular flexibility index (Phi) is 2.42. The van der Waals surface area contributed by atoms with Crippen molar-refractivity contribution in [2.75, 3.05) is 5.73 Å². The maximum Gasteiger partial charge on any atom is 0.205 e. The van der Waals surface area contributed by atoms with E-state index in [4.69, 9.17) is 11.6 Å². The fraction of sp³-hybridized carbons (Fsp3) is 0. The SMILES string of the molecule is N/N=C\C(=O)c1ccc(N)cc1. The van der Waals surface area contributed by atoms with Gasteiger partial charge in [-0.25, -0.2) is 0 Å². The van der Waals surface area contributed by atoms with Gasteiger partial charge in [-0.2, -0.15) is 5.10 Å². The molecule has 0 unspecified atom stereocenters. The van der Waals surface area contributed by atoms with E-state index in [1.54, 1.807) is 24.3 Å². The van der Waals surface area contributed by atoms with Crippen molar-refractivity contribution in [3.8, 4) is 0 Å². The fourth-order valence-corrected chi connectivity index (χ4v) is 0.790. The highest BCUT2D eigenvalue weighted by Gasteiger charge is 2.00. The van der Waals surface area contributed by atoms with Gasteiger partial charge < -0.3 is 11.6 Å². The van der Waals surface area contributed by atoms with E-state index in [0.717, 1.165) is 6.21 Å². The van der Waals surface area contributed by atoms with Crippen LogP contribution in [0.25, 0.3) is 0 Å². The van der Waals surface area contributed by atoms with Gasteiger partial charge in [0, 0.05) is 11.3 Å². The van der Waals surface area contributed by atoms with Crippen molar-refractivity contribution in [1.29, 1.82) is 0 Å². The summed E-state index contributed by atoms with van der Waals surface area (Å²) >= 11 is 0. The molecular formula is C8H9N3O. The second-order valence-electron chi connectivity index (χ2n) is 2.26. The highest BCUT2D eigenvalue weighted by atomic mass is 16.1. The third-order valence-corrected chi connectivity index (χ3v) is 1.39. The molecule has 0 radical (unpaired) electrons. The Hall–Kier alpha value is -1.84. The molecule has 0 aliphatic carbocycles. The Morgan fingerprint density at radius 2 is 1.92 bits per heavy atom. The Bertz CT molecular complexity index is 303. The summed E-state index contributed by atoms with van der Waals surface area (Å²) in [6.45, 7) is 0. The standard InChI is InChI=1S/C8H9N3O/c9-7-3-1-6(2-4-7)8(12)5-11-10/h1-5H,9-10H2/b11-5-. The average Bonchev–Trinajstić information content (AvgIpc) is 2.06. The van der Waals surface area contributed by atoms with Gasteiger partial charge in [0.05, 0.1) is 6.21 Å². The summed E-state index contributed by atoms with van der Waals surface area (Å²) in [6.07, 6.45) is 1.06. The number of hydrogen-bond acceptors (Lipinski definition) is 4. The third kappa shape index (κ3) is 1.82. The second-order valence-corrected chi connectivity index (χ2v) is 2.26. The number of hydrazone groups is 1. The molecule has 0 aliphatic heterocycles. The van der Waals surface area contributed by atoms with Crippen LogP contribution in [0.15, 0.2) is 29.4 Å². The van der Waals surface area contributed by atoms with Crippen molar-refractivity contribution in [3.63, 3.8) is 0 Å². The number of nitrogens with zero attached hydrogens (tertiary/aromatic N) is 1. The fourth-order valence-electron chi connectivity index (χ4n) is 0.790. The number of benzene rings is 1. The molecule has 4 N–H and O–H groups in total. The van der Waals surface area contributed by atoms with E-state index >= 15 is 0 Å². The van der Waals surface area contributed by atoms with Gasteiger partial charge in [-0.05, 0) is 24.3 Å². The third-order valence-electron chi connectivity index (χ3n) is 1.39. The number of nitrogens with two attached hydrogens (primary N) is 2. The number of carbonyl (C=O) groups is 1. The molecule has 0 bridgehead atoms. The molecule has 1 aromatic carbocycles. The van der Waals surface area contributed by atoms with Gasteiger partial charge in [0.1, 0.15) is 0 Å². The molecule has 0 spiro atoms. The van der Waals surface area contributed by atoms with Gasteiger partial charge in [-0.15, -0.1) is 0 Å². The average molecular weight is 163 g/mol. The topological polar surface area (TPSA) is 81.5 Å². The molecule has 4 heteroatoms. The summed E-state index contributed by atoms with van der Waals surface area (Å²) in [5.41, 5.74) is 6.58. The normalized spacial score (nSPS) is 10.3. The quantitative estimate of drug-likeness (QED) is 0.217. The van der Waals surface area contributed by atoms with Gasteiger partial charge in [-0.3, -0.25) is 4.79 Å². The molecule has 0 saturated carbocycles. The minimum Gasteiger partial charge on any atom is -0.399 e. The van der Waals surface area contributed by atoms with Gasteiger partial charge in [0.2, 0.25) is 5.78 Å². The minimum atomic E-state index is -0.225. The lowest BCUT2D eigenvalue weighted by molar-refractivity contribution is 0.107. The number of anilines is 1. The summed E-state index contributed by atoms with van der Waals surface area (Å²) in [6, 6.07) is 6.55. The summed E-state index contributed by atoms with van der Waals surface area (Å²) < 4.78 is 0. The lowest BCUT2D eigenvalue weighted by Gasteiger charge is -1.94. The van der Waals surface area contributed by atoms with Crippen molar-refractivity contribution in [3.05, 3.63) is 29.8 Å². The molecule has 0 fully saturated rings. The van der Waals surface area contributed by atoms with Crippen molar-refractivity contribution < 1.29 is 4.79 Å². The lowest BCUT2D eigenvalue weighted by atomic mass is 10.1. The first-order valence-electron chi connectivity index (χ1n) is 3.37. The van der Waals surface area contributed by atoms with Crippen LogP contribution < -0.4 is 11.6 Å². The van der Waals surface area contributed by atoms with Crippen molar-refractivity contribution in [1.82, 2.24) is 0 Å². The van der Waals surface area contributed by atoms with Crippen LogP contribution in [-0.2, 0) is 0 Å². The number of ketones is 1. The molecule has 0 amide bonds. The van der Waals surface area contributed by atoms with E-state index in [1.165, 1.54) is 0 Å². The highest BCUT2D eigenvalue weighted by Crippen LogP contribution is 2.04. The Balaban J connectivity index is 2.90. The first-order valence-corrected chi connectivity index (χ1v) is 3.37. The molecule has 0 atom stereocenters. The Labute approximate surface area is 69.9 Å². The molecule has 4 nitrogen and oxygen atoms in total. The monoisotopic (exact) mass is 163 g/mol. The lowest BCUT2D eigenvalue weighted by Crippen LogP contribution is -2.01. The van der Waals surface area contributed by atoms with E-state index in [0.29, 0.717) is 11.3 Å². The molecule has 0 aliphatic rings. The van der Waals surface area contributed by atoms with Crippen molar-refractivity contribution in [2.45, 2.75) is 0 Å². The van der Waals surface area contributed by atoms with E-state index in [1.807, 2.05) is 0 Å². The van der Waals surface area contributed by atoms with Gasteiger partial charge >= 0.3 is 0 Å². The van der Waals surface area contributed by atoms with Crippen LogP contribution >= 0.6 is 0 Å². The molecule has 62 valence electrons. The zero-order chi connectivity index (χ0) is 8.97. The maximum absolute atomic E-state index is 11.1. The van der Waals surface area contributed by atoms with Gasteiger partial charge in [0.25, 0.3) is 0 Å². The molecular weight excluding hydrogens is 154 g/mol. The van der Waals surface area contributed by atoms with Crippen LogP contribution in [0.5, 0.6) is 0 Å². The number of Topliss-reactive ketones (excluding diaryl/α,β-unsaturated/α-hetero) is 1. The summed E-state index contributed by atoms with van der Waals surface area (Å²) in [5.74, 6) is 4.60. The number of nitrogen functional groups attached to an aromatic ring is 1. The van der Waals surface area contributed by atoms with E-state index in [-0.39, 0.29) is 5.78 Å². The first-order chi connectivity index (χ1) is 5.74. The van der Waals surface area contributed by atoms with E-state index in [2.05, 4.69) is 5.10 Å². The van der Waals surface area contributed by atoms with Crippen molar-refractivity contribution >= 4 is 17.7 Å². The van der Waals surface area contributed by atoms with Gasteiger partial charge in [-0.1, -0.05) is 0 Å². The van der Waals surface area contributed by atoms with E-state index in [9.17, 15) is 4.79 Å².